The van der Waals surface area contributed by atoms with E-state index < -0.39 is 23.7 Å². The molecule has 6 nitrogen and oxygen atoms in total. The molecular formula is C8H15NO5. The summed E-state index contributed by atoms with van der Waals surface area (Å²) in [6.45, 7) is 2.66. The average Bonchev–Trinajstić information content (AvgIpc) is 1.98. The highest BCUT2D eigenvalue weighted by molar-refractivity contribution is 5.84. The first-order valence-corrected chi connectivity index (χ1v) is 4.26. The largest absolute Gasteiger partial charge is 0.480 e. The van der Waals surface area contributed by atoms with Crippen LogP contribution in [0.25, 0.3) is 0 Å². The van der Waals surface area contributed by atoms with E-state index in [2.05, 4.69) is 0 Å². The number of carbonyl (C=O) groups excluding carboxylic acids is 1. The van der Waals surface area contributed by atoms with E-state index in [0.717, 1.165) is 6.92 Å². The van der Waals surface area contributed by atoms with Gasteiger partial charge in [0.05, 0.1) is 0 Å². The van der Waals surface area contributed by atoms with E-state index >= 15 is 0 Å². The second-order valence-corrected chi connectivity index (χ2v) is 3.18. The fraction of sp³-hybridized carbons (Fsp3) is 0.750. The van der Waals surface area contributed by atoms with Crippen molar-refractivity contribution in [3.8, 4) is 0 Å². The predicted molar refractivity (Wildman–Crippen MR) is 47.3 cm³/mol. The molecule has 0 heterocycles. The van der Waals surface area contributed by atoms with Gasteiger partial charge in [0.25, 0.3) is 0 Å². The number of carboxylic acids is 1. The van der Waals surface area contributed by atoms with Gasteiger partial charge in [0.2, 0.25) is 5.91 Å². The number of amides is 1. The second-order valence-electron chi connectivity index (χ2n) is 3.18. The Morgan fingerprint density at radius 3 is 2.21 bits per heavy atom. The van der Waals surface area contributed by atoms with Gasteiger partial charge >= 0.3 is 5.97 Å². The van der Waals surface area contributed by atoms with E-state index in [0.29, 0.717) is 6.42 Å². The fourth-order valence-corrected chi connectivity index (χ4v) is 0.893. The van der Waals surface area contributed by atoms with Crippen LogP contribution in [0.15, 0.2) is 0 Å². The van der Waals surface area contributed by atoms with Gasteiger partial charge in [-0.1, -0.05) is 6.92 Å². The molecule has 0 spiro atoms. The molecule has 0 bridgehead atoms. The summed E-state index contributed by atoms with van der Waals surface area (Å²) in [5.41, 5.74) is 0. The smallest absolute Gasteiger partial charge is 0.331 e. The molecule has 0 aromatic carbocycles. The summed E-state index contributed by atoms with van der Waals surface area (Å²) in [5.74, 6) is -4.47. The standard InChI is InChI=1S/C8H15NO5/c1-3-4-5(10)9-6(7(11)12)8(2,13)14/h6,13-14H,3-4H2,1-2H3,(H,9,10)(H,11,12)/t6-/m1/s1. The topological polar surface area (TPSA) is 107 Å². The monoisotopic (exact) mass is 205 g/mol. The van der Waals surface area contributed by atoms with E-state index in [1.165, 1.54) is 0 Å². The highest BCUT2D eigenvalue weighted by Gasteiger charge is 2.36. The van der Waals surface area contributed by atoms with Crippen molar-refractivity contribution < 1.29 is 24.9 Å². The highest BCUT2D eigenvalue weighted by atomic mass is 16.5. The minimum absolute atomic E-state index is 0.153. The van der Waals surface area contributed by atoms with E-state index in [-0.39, 0.29) is 6.42 Å². The highest BCUT2D eigenvalue weighted by Crippen LogP contribution is 2.06. The molecule has 1 atom stereocenters. The molecule has 0 aromatic rings. The summed E-state index contributed by atoms with van der Waals surface area (Å²) in [5, 5.41) is 28.7. The van der Waals surface area contributed by atoms with Crippen molar-refractivity contribution in [2.75, 3.05) is 0 Å². The maximum absolute atomic E-state index is 11.0. The van der Waals surface area contributed by atoms with Crippen LogP contribution in [0, 0.1) is 0 Å². The summed E-state index contributed by atoms with van der Waals surface area (Å²) >= 11 is 0. The van der Waals surface area contributed by atoms with Crippen molar-refractivity contribution in [1.82, 2.24) is 5.32 Å². The van der Waals surface area contributed by atoms with Crippen LogP contribution in [0.5, 0.6) is 0 Å². The average molecular weight is 205 g/mol. The third-order valence-electron chi connectivity index (χ3n) is 1.58. The fourth-order valence-electron chi connectivity index (χ4n) is 0.893. The Bertz CT molecular complexity index is 220. The Hall–Kier alpha value is -1.14. The van der Waals surface area contributed by atoms with Gasteiger partial charge in [-0.3, -0.25) is 4.79 Å². The SMILES string of the molecule is CCCC(=O)N[C@H](C(=O)O)C(C)(O)O. The van der Waals surface area contributed by atoms with Crippen molar-refractivity contribution in [1.29, 1.82) is 0 Å². The van der Waals surface area contributed by atoms with Gasteiger partial charge in [-0.05, 0) is 13.3 Å². The number of carboxylic acid groups (broad SMARTS) is 1. The maximum Gasteiger partial charge on any atom is 0.331 e. The lowest BCUT2D eigenvalue weighted by Gasteiger charge is -2.24. The van der Waals surface area contributed by atoms with E-state index in [9.17, 15) is 9.59 Å². The number of hydrogen-bond donors (Lipinski definition) is 4. The van der Waals surface area contributed by atoms with Crippen LogP contribution in [-0.2, 0) is 9.59 Å². The molecule has 82 valence electrons. The normalized spacial score (nSPS) is 13.4. The Balaban J connectivity index is 4.40. The van der Waals surface area contributed by atoms with Crippen LogP contribution >= 0.6 is 0 Å². The molecule has 0 saturated heterocycles. The summed E-state index contributed by atoms with van der Waals surface area (Å²) in [7, 11) is 0. The zero-order valence-corrected chi connectivity index (χ0v) is 8.15. The summed E-state index contributed by atoms with van der Waals surface area (Å²) in [4.78, 5) is 21.6. The zero-order valence-electron chi connectivity index (χ0n) is 8.15. The molecule has 0 fully saturated rings. The number of aliphatic carboxylic acids is 1. The molecule has 6 heteroatoms. The number of rotatable bonds is 5. The molecule has 0 radical (unpaired) electrons. The lowest BCUT2D eigenvalue weighted by atomic mass is 10.1. The number of hydrogen-bond acceptors (Lipinski definition) is 4. The van der Waals surface area contributed by atoms with Crippen molar-refractivity contribution in [2.45, 2.75) is 38.5 Å². The summed E-state index contributed by atoms with van der Waals surface area (Å²) < 4.78 is 0. The van der Waals surface area contributed by atoms with Crippen molar-refractivity contribution >= 4 is 11.9 Å². The minimum atomic E-state index is -2.46. The molecule has 0 aliphatic heterocycles. The number of carbonyl (C=O) groups is 2. The molecule has 0 unspecified atom stereocenters. The van der Waals surface area contributed by atoms with Gasteiger partial charge in [-0.2, -0.15) is 0 Å². The van der Waals surface area contributed by atoms with Crippen molar-refractivity contribution in [3.63, 3.8) is 0 Å². The first kappa shape index (κ1) is 12.9. The molecule has 1 amide bonds. The van der Waals surface area contributed by atoms with E-state index in [1.54, 1.807) is 6.92 Å². The third-order valence-corrected chi connectivity index (χ3v) is 1.58. The molecule has 0 rings (SSSR count). The summed E-state index contributed by atoms with van der Waals surface area (Å²) in [6.07, 6.45) is 0.714. The van der Waals surface area contributed by atoms with Gasteiger partial charge in [0, 0.05) is 6.42 Å². The van der Waals surface area contributed by atoms with Gasteiger partial charge in [0.15, 0.2) is 11.8 Å². The molecular weight excluding hydrogens is 190 g/mol. The molecule has 14 heavy (non-hydrogen) atoms. The molecule has 0 aliphatic carbocycles. The lowest BCUT2D eigenvalue weighted by molar-refractivity contribution is -0.187. The lowest BCUT2D eigenvalue weighted by Crippen LogP contribution is -2.55. The van der Waals surface area contributed by atoms with Crippen molar-refractivity contribution in [3.05, 3.63) is 0 Å². The van der Waals surface area contributed by atoms with Crippen molar-refractivity contribution in [2.24, 2.45) is 0 Å². The van der Waals surface area contributed by atoms with E-state index in [1.807, 2.05) is 5.32 Å². The van der Waals surface area contributed by atoms with Crippen LogP contribution in [0.1, 0.15) is 26.7 Å². The quantitative estimate of drug-likeness (QED) is 0.433. The second kappa shape index (κ2) is 4.92. The van der Waals surface area contributed by atoms with Gasteiger partial charge in [-0.15, -0.1) is 0 Å². The van der Waals surface area contributed by atoms with Crippen LogP contribution in [0.4, 0.5) is 0 Å². The maximum atomic E-state index is 11.0. The van der Waals surface area contributed by atoms with Gasteiger partial charge < -0.3 is 20.6 Å². The Labute approximate surface area is 81.5 Å². The summed E-state index contributed by atoms with van der Waals surface area (Å²) in [6, 6.07) is -1.71. The van der Waals surface area contributed by atoms with Crippen LogP contribution in [-0.4, -0.2) is 39.0 Å². The van der Waals surface area contributed by atoms with Gasteiger partial charge in [0.1, 0.15) is 0 Å². The Kier molecular flexibility index (Phi) is 4.52. The molecule has 0 aliphatic rings. The van der Waals surface area contributed by atoms with Crippen LogP contribution < -0.4 is 5.32 Å². The predicted octanol–water partition coefficient (Wildman–Crippen LogP) is -0.943. The Morgan fingerprint density at radius 2 is 1.93 bits per heavy atom. The molecule has 0 aromatic heterocycles. The number of nitrogens with one attached hydrogen (secondary N) is 1. The zero-order chi connectivity index (χ0) is 11.4. The number of aliphatic hydroxyl groups is 2. The first-order chi connectivity index (χ1) is 6.29. The van der Waals surface area contributed by atoms with E-state index in [4.69, 9.17) is 15.3 Å². The van der Waals surface area contributed by atoms with Gasteiger partial charge in [-0.25, -0.2) is 4.79 Å². The van der Waals surface area contributed by atoms with Crippen LogP contribution in [0.2, 0.25) is 0 Å². The minimum Gasteiger partial charge on any atom is -0.480 e. The van der Waals surface area contributed by atoms with Crippen LogP contribution in [0.3, 0.4) is 0 Å². The first-order valence-electron chi connectivity index (χ1n) is 4.26. The third kappa shape index (κ3) is 4.20. The molecule has 4 N–H and O–H groups in total. The molecule has 0 saturated carbocycles. The Morgan fingerprint density at radius 1 is 1.43 bits per heavy atom.